The summed E-state index contributed by atoms with van der Waals surface area (Å²) in [5.74, 6) is 0.430. The Labute approximate surface area is 418 Å². The monoisotopic (exact) mass is 918 g/mol. The van der Waals surface area contributed by atoms with Gasteiger partial charge in [-0.05, 0) is 163 Å². The van der Waals surface area contributed by atoms with Crippen LogP contribution in [0, 0.1) is 0 Å². The molecule has 12 aromatic carbocycles. The first kappa shape index (κ1) is 41.5. The highest BCUT2D eigenvalue weighted by molar-refractivity contribution is 8.00. The number of hydrogen-bond donors (Lipinski definition) is 0. The summed E-state index contributed by atoms with van der Waals surface area (Å²) in [6.45, 7) is 0. The number of benzene rings is 12. The zero-order chi connectivity index (χ0) is 46.8. The Bertz CT molecular complexity index is 4070. The van der Waals surface area contributed by atoms with E-state index in [1.165, 1.54) is 131 Å². The van der Waals surface area contributed by atoms with Gasteiger partial charge in [0.05, 0.1) is 0 Å². The van der Waals surface area contributed by atoms with E-state index >= 15 is 0 Å². The molecule has 12 aromatic rings. The zero-order valence-electron chi connectivity index (χ0n) is 39.0. The van der Waals surface area contributed by atoms with Gasteiger partial charge >= 0.3 is 0 Å². The molecule has 14 rings (SSSR count). The Morgan fingerprint density at radius 1 is 0.268 bits per heavy atom. The van der Waals surface area contributed by atoms with Crippen molar-refractivity contribution in [2.24, 2.45) is 0 Å². The molecular weight excluding hydrogens is 873 g/mol. The quantitative estimate of drug-likeness (QED) is 0.113. The van der Waals surface area contributed by atoms with Crippen LogP contribution in [0.25, 0.3) is 121 Å². The minimum absolute atomic E-state index is 0.430. The van der Waals surface area contributed by atoms with E-state index in [0.29, 0.717) is 11.2 Å². The maximum Gasteiger partial charge on any atom is 0.0381 e. The third kappa shape index (κ3) is 7.15. The second-order valence-corrected chi connectivity index (χ2v) is 20.3. The molecule has 71 heavy (non-hydrogen) atoms. The van der Waals surface area contributed by atoms with E-state index in [0.717, 1.165) is 0 Å². The van der Waals surface area contributed by atoms with Gasteiger partial charge < -0.3 is 0 Å². The van der Waals surface area contributed by atoms with Crippen molar-refractivity contribution >= 4 is 54.9 Å². The normalized spacial score (nSPS) is 14.9. The maximum absolute atomic E-state index is 2.43. The Kier molecular flexibility index (Phi) is 10.0. The number of allylic oxidation sites excluding steroid dienone is 3. The van der Waals surface area contributed by atoms with Gasteiger partial charge in [0, 0.05) is 16.1 Å². The third-order valence-corrected chi connectivity index (χ3v) is 16.3. The molecule has 0 spiro atoms. The molecule has 0 saturated carbocycles. The molecule has 0 radical (unpaired) electrons. The molecule has 0 fully saturated rings. The molecule has 0 aromatic heterocycles. The minimum atomic E-state index is 0.430. The summed E-state index contributed by atoms with van der Waals surface area (Å²) in [6.07, 6.45) is 9.10. The number of rotatable bonds is 7. The van der Waals surface area contributed by atoms with E-state index in [1.807, 2.05) is 11.8 Å². The molecule has 1 heteroatoms. The highest BCUT2D eigenvalue weighted by Gasteiger charge is 2.31. The Morgan fingerprint density at radius 3 is 1.44 bits per heavy atom. The SMILES string of the molecule is C1=CC2Sc3ccc(-c4ccc(-c5cc(-c6cccc(-c7c8ccccc8c(-c8ccc9ccc%10ccccc%10c9c8)c8ccccc78)c6)cc(-c6ccccc6)c5-c5ccccc5)cc4)cc3C2C=C1. The first-order valence-electron chi connectivity index (χ1n) is 24.7. The van der Waals surface area contributed by atoms with E-state index in [-0.39, 0.29) is 0 Å². The molecule has 0 saturated heterocycles. The second-order valence-electron chi connectivity index (χ2n) is 19.0. The first-order chi connectivity index (χ1) is 35.2. The fraction of sp³-hybridized carbons (Fsp3) is 0.0286. The summed E-state index contributed by atoms with van der Waals surface area (Å²) in [4.78, 5) is 1.40. The van der Waals surface area contributed by atoms with Crippen LogP contribution >= 0.6 is 11.8 Å². The molecular formula is C70H46S. The van der Waals surface area contributed by atoms with Crippen molar-refractivity contribution in [1.29, 1.82) is 0 Å². The Morgan fingerprint density at radius 2 is 0.746 bits per heavy atom. The molecule has 2 aliphatic rings. The number of thioether (sulfide) groups is 1. The van der Waals surface area contributed by atoms with Crippen LogP contribution in [-0.4, -0.2) is 5.25 Å². The van der Waals surface area contributed by atoms with Gasteiger partial charge in [0.25, 0.3) is 0 Å². The lowest BCUT2D eigenvalue weighted by molar-refractivity contribution is 0.881. The van der Waals surface area contributed by atoms with Crippen LogP contribution in [0.5, 0.6) is 0 Å². The molecule has 2 atom stereocenters. The van der Waals surface area contributed by atoms with Gasteiger partial charge in [-0.25, -0.2) is 0 Å². The predicted octanol–water partition coefficient (Wildman–Crippen LogP) is 19.7. The first-order valence-corrected chi connectivity index (χ1v) is 25.6. The van der Waals surface area contributed by atoms with Gasteiger partial charge in [0.15, 0.2) is 0 Å². The van der Waals surface area contributed by atoms with E-state index in [1.54, 1.807) is 0 Å². The van der Waals surface area contributed by atoms with Crippen LogP contribution < -0.4 is 0 Å². The minimum Gasteiger partial charge on any atom is -0.117 e. The highest BCUT2D eigenvalue weighted by Crippen LogP contribution is 2.50. The lowest BCUT2D eigenvalue weighted by Crippen LogP contribution is -2.06. The van der Waals surface area contributed by atoms with E-state index in [4.69, 9.17) is 0 Å². The lowest BCUT2D eigenvalue weighted by atomic mass is 9.83. The topological polar surface area (TPSA) is 0 Å². The fourth-order valence-corrected chi connectivity index (χ4v) is 12.9. The van der Waals surface area contributed by atoms with Crippen LogP contribution in [0.1, 0.15) is 11.5 Å². The molecule has 1 aliphatic carbocycles. The Balaban J connectivity index is 0.934. The predicted molar refractivity (Wildman–Crippen MR) is 305 cm³/mol. The molecule has 332 valence electrons. The van der Waals surface area contributed by atoms with E-state index < -0.39 is 0 Å². The largest absolute Gasteiger partial charge is 0.117 e. The number of hydrogen-bond acceptors (Lipinski definition) is 1. The molecule has 1 heterocycles. The average Bonchev–Trinajstić information content (AvgIpc) is 3.82. The van der Waals surface area contributed by atoms with Crippen LogP contribution in [0.4, 0.5) is 0 Å². The van der Waals surface area contributed by atoms with Crippen molar-refractivity contribution in [3.05, 3.63) is 273 Å². The lowest BCUT2D eigenvalue weighted by Gasteiger charge is -2.20. The van der Waals surface area contributed by atoms with Gasteiger partial charge in [0.1, 0.15) is 0 Å². The highest BCUT2D eigenvalue weighted by atomic mass is 32.2. The molecule has 0 amide bonds. The van der Waals surface area contributed by atoms with E-state index in [2.05, 4.69) is 267 Å². The van der Waals surface area contributed by atoms with Crippen LogP contribution in [0.2, 0.25) is 0 Å². The van der Waals surface area contributed by atoms with Crippen LogP contribution in [0.15, 0.2) is 272 Å². The summed E-state index contributed by atoms with van der Waals surface area (Å²) in [7, 11) is 0. The van der Waals surface area contributed by atoms with Gasteiger partial charge in [-0.2, -0.15) is 0 Å². The van der Waals surface area contributed by atoms with Crippen molar-refractivity contribution in [3.63, 3.8) is 0 Å². The van der Waals surface area contributed by atoms with E-state index in [9.17, 15) is 0 Å². The molecule has 1 aliphatic heterocycles. The molecule has 0 bridgehead atoms. The second kappa shape index (κ2) is 17.2. The Hall–Kier alpha value is -8.49. The van der Waals surface area contributed by atoms with Gasteiger partial charge in [-0.15, -0.1) is 11.8 Å². The summed E-state index contributed by atoms with van der Waals surface area (Å²) in [5.41, 5.74) is 18.5. The average molecular weight is 919 g/mol. The van der Waals surface area contributed by atoms with Gasteiger partial charge in [0.2, 0.25) is 0 Å². The smallest absolute Gasteiger partial charge is 0.0381 e. The fourth-order valence-electron chi connectivity index (χ4n) is 11.6. The van der Waals surface area contributed by atoms with Crippen molar-refractivity contribution in [3.8, 4) is 77.9 Å². The van der Waals surface area contributed by atoms with Crippen molar-refractivity contribution in [2.45, 2.75) is 16.1 Å². The van der Waals surface area contributed by atoms with Crippen LogP contribution in [0.3, 0.4) is 0 Å². The summed E-state index contributed by atoms with van der Waals surface area (Å²) in [5, 5.41) is 10.6. The zero-order valence-corrected chi connectivity index (χ0v) is 39.8. The standard InChI is InChI=1S/C70H46S/c1-3-16-46(17-4-1)63-43-55(44-64(68(63)50-19-5-2-6-20-50)49-32-30-45(31-33-49)52-38-39-67-65(41-52)57-24-13-14-29-66(57)71-67)51-21-15-22-53(40-51)69-58-25-9-11-27-60(58)70(61-28-12-10-26-59(61)69)54-37-36-48-35-34-47-18-7-8-23-56(47)62(48)42-54/h1-44,57,66H. The molecule has 2 unspecified atom stereocenters. The van der Waals surface area contributed by atoms with Gasteiger partial charge in [-0.1, -0.05) is 231 Å². The maximum atomic E-state index is 2.43. The van der Waals surface area contributed by atoms with Crippen LogP contribution in [-0.2, 0) is 0 Å². The summed E-state index contributed by atoms with van der Waals surface area (Å²) < 4.78 is 0. The van der Waals surface area contributed by atoms with Crippen molar-refractivity contribution < 1.29 is 0 Å². The molecule has 0 N–H and O–H groups in total. The van der Waals surface area contributed by atoms with Crippen molar-refractivity contribution in [1.82, 2.24) is 0 Å². The summed E-state index contributed by atoms with van der Waals surface area (Å²) in [6, 6.07) is 90.6. The number of fused-ring (bicyclic) bond motifs is 8. The van der Waals surface area contributed by atoms with Crippen molar-refractivity contribution in [2.75, 3.05) is 0 Å². The third-order valence-electron chi connectivity index (χ3n) is 15.0. The van der Waals surface area contributed by atoms with Gasteiger partial charge in [-0.3, -0.25) is 0 Å². The summed E-state index contributed by atoms with van der Waals surface area (Å²) >= 11 is 1.98. The molecule has 0 nitrogen and oxygen atoms in total.